The van der Waals surface area contributed by atoms with Crippen LogP contribution in [0.4, 0.5) is 8.78 Å². The van der Waals surface area contributed by atoms with Crippen LogP contribution in [0.15, 0.2) is 12.1 Å². The highest BCUT2D eigenvalue weighted by molar-refractivity contribution is 5.36. The minimum absolute atomic E-state index is 0.360. The van der Waals surface area contributed by atoms with Crippen LogP contribution in [0, 0.1) is 11.6 Å². The number of halogens is 2. The predicted octanol–water partition coefficient (Wildman–Crippen LogP) is 3.71. The molecule has 1 aliphatic heterocycles. The van der Waals surface area contributed by atoms with Gasteiger partial charge in [0.25, 0.3) is 0 Å². The van der Waals surface area contributed by atoms with Gasteiger partial charge in [0.05, 0.1) is 6.61 Å². The van der Waals surface area contributed by atoms with Gasteiger partial charge >= 0.3 is 0 Å². The molecule has 0 radical (unpaired) electrons. The highest BCUT2D eigenvalue weighted by Crippen LogP contribution is 2.27. The maximum atomic E-state index is 13.0. The second-order valence-corrected chi connectivity index (χ2v) is 3.52. The molecule has 3 heteroatoms. The van der Waals surface area contributed by atoms with Gasteiger partial charge in [0.2, 0.25) is 0 Å². The van der Waals surface area contributed by atoms with E-state index in [0.717, 1.165) is 12.5 Å². The van der Waals surface area contributed by atoms with Gasteiger partial charge in [0, 0.05) is 17.7 Å². The molecule has 0 fully saturated rings. The normalized spacial score (nSPS) is 13.3. The average molecular weight is 214 g/mol. The van der Waals surface area contributed by atoms with Gasteiger partial charge < -0.3 is 4.74 Å². The summed E-state index contributed by atoms with van der Waals surface area (Å²) in [6.45, 7) is 4.80. The first-order valence-corrected chi connectivity index (χ1v) is 5.29. The minimum Gasteiger partial charge on any atom is -0.493 e. The number of benzene rings is 1. The summed E-state index contributed by atoms with van der Waals surface area (Å²) in [6.07, 6.45) is 2.69. The molecule has 15 heavy (non-hydrogen) atoms. The Labute approximate surface area is 89.1 Å². The van der Waals surface area contributed by atoms with Crippen molar-refractivity contribution in [2.24, 2.45) is 0 Å². The van der Waals surface area contributed by atoms with Gasteiger partial charge in [-0.2, -0.15) is 0 Å². The largest absolute Gasteiger partial charge is 0.493 e. The molecule has 1 aromatic rings. The van der Waals surface area contributed by atoms with Gasteiger partial charge in [-0.1, -0.05) is 20.3 Å². The molecule has 0 saturated heterocycles. The van der Waals surface area contributed by atoms with Crippen molar-refractivity contribution in [2.75, 3.05) is 6.61 Å². The van der Waals surface area contributed by atoms with Crippen LogP contribution in [0.3, 0.4) is 0 Å². The van der Waals surface area contributed by atoms with Crippen LogP contribution in [0.25, 0.3) is 0 Å². The van der Waals surface area contributed by atoms with Crippen molar-refractivity contribution in [1.29, 1.82) is 0 Å². The number of hydrogen-bond acceptors (Lipinski definition) is 1. The molecule has 1 aromatic carbocycles. The van der Waals surface area contributed by atoms with Crippen molar-refractivity contribution in [3.05, 3.63) is 29.3 Å². The highest BCUT2D eigenvalue weighted by Gasteiger charge is 2.15. The van der Waals surface area contributed by atoms with Crippen molar-refractivity contribution in [3.8, 4) is 5.75 Å². The second-order valence-electron chi connectivity index (χ2n) is 3.52. The second kappa shape index (κ2) is 5.69. The van der Waals surface area contributed by atoms with Gasteiger partial charge in [-0.15, -0.1) is 0 Å². The van der Waals surface area contributed by atoms with Gasteiger partial charge in [-0.05, 0) is 12.8 Å². The summed E-state index contributed by atoms with van der Waals surface area (Å²) in [4.78, 5) is 0. The number of ether oxygens (including phenoxy) is 1. The third kappa shape index (κ3) is 3.18. The van der Waals surface area contributed by atoms with Gasteiger partial charge in [-0.25, -0.2) is 8.78 Å². The van der Waals surface area contributed by atoms with Crippen LogP contribution >= 0.6 is 0 Å². The Morgan fingerprint density at radius 2 is 1.93 bits per heavy atom. The van der Waals surface area contributed by atoms with Crippen molar-refractivity contribution in [3.63, 3.8) is 0 Å². The number of fused-ring (bicyclic) bond motifs is 1. The maximum absolute atomic E-state index is 13.0. The van der Waals surface area contributed by atoms with E-state index in [9.17, 15) is 8.78 Å². The Balaban J connectivity index is 0.000000337. The summed E-state index contributed by atoms with van der Waals surface area (Å²) < 4.78 is 30.8. The van der Waals surface area contributed by atoms with E-state index >= 15 is 0 Å². The van der Waals surface area contributed by atoms with Crippen LogP contribution in [-0.2, 0) is 6.42 Å². The standard InChI is InChI=1S/C9H8F2O.C3H8/c10-6-4-8(11)7-2-1-3-12-9(7)5-6;1-3-2/h4-5H,1-3H2;3H2,1-2H3. The Hall–Kier alpha value is -1.12. The molecular formula is C12H16F2O. The number of hydrogen-bond donors (Lipinski definition) is 0. The Bertz CT molecular complexity index is 324. The first-order valence-electron chi connectivity index (χ1n) is 5.29. The number of rotatable bonds is 0. The Kier molecular flexibility index (Phi) is 4.53. The van der Waals surface area contributed by atoms with Crippen LogP contribution in [0.2, 0.25) is 0 Å². The lowest BCUT2D eigenvalue weighted by molar-refractivity contribution is 0.282. The van der Waals surface area contributed by atoms with Crippen molar-refractivity contribution >= 4 is 0 Å². The van der Waals surface area contributed by atoms with Crippen LogP contribution in [-0.4, -0.2) is 6.61 Å². The zero-order chi connectivity index (χ0) is 11.3. The molecule has 1 aliphatic rings. The maximum Gasteiger partial charge on any atom is 0.133 e. The fourth-order valence-electron chi connectivity index (χ4n) is 1.38. The molecule has 0 aromatic heterocycles. The third-order valence-corrected chi connectivity index (χ3v) is 1.95. The lowest BCUT2D eigenvalue weighted by Crippen LogP contribution is -2.10. The summed E-state index contributed by atoms with van der Waals surface area (Å²) in [5.74, 6) is -0.711. The summed E-state index contributed by atoms with van der Waals surface area (Å²) in [7, 11) is 0. The molecule has 2 rings (SSSR count). The van der Waals surface area contributed by atoms with Gasteiger partial charge in [-0.3, -0.25) is 0 Å². The average Bonchev–Trinajstić information content (AvgIpc) is 2.18. The molecule has 1 heterocycles. The van der Waals surface area contributed by atoms with E-state index in [1.54, 1.807) is 0 Å². The van der Waals surface area contributed by atoms with E-state index in [0.29, 0.717) is 24.3 Å². The smallest absolute Gasteiger partial charge is 0.133 e. The fourth-order valence-corrected chi connectivity index (χ4v) is 1.38. The quantitative estimate of drug-likeness (QED) is 0.639. The lowest BCUT2D eigenvalue weighted by Gasteiger charge is -2.17. The van der Waals surface area contributed by atoms with E-state index in [1.165, 1.54) is 12.5 Å². The zero-order valence-corrected chi connectivity index (χ0v) is 9.15. The molecular weight excluding hydrogens is 198 g/mol. The molecule has 0 N–H and O–H groups in total. The SMILES string of the molecule is CCC.Fc1cc(F)c2c(c1)OCCC2. The van der Waals surface area contributed by atoms with Crippen LogP contribution < -0.4 is 4.74 Å². The van der Waals surface area contributed by atoms with Gasteiger partial charge in [0.1, 0.15) is 17.4 Å². The van der Waals surface area contributed by atoms with Crippen molar-refractivity contribution < 1.29 is 13.5 Å². The van der Waals surface area contributed by atoms with Crippen molar-refractivity contribution in [2.45, 2.75) is 33.1 Å². The van der Waals surface area contributed by atoms with E-state index in [2.05, 4.69) is 13.8 Å². The first kappa shape index (κ1) is 12.0. The molecule has 0 bridgehead atoms. The monoisotopic (exact) mass is 214 g/mol. The topological polar surface area (TPSA) is 9.23 Å². The highest BCUT2D eigenvalue weighted by atomic mass is 19.1. The molecule has 0 atom stereocenters. The Morgan fingerprint density at radius 1 is 1.27 bits per heavy atom. The van der Waals surface area contributed by atoms with E-state index in [4.69, 9.17) is 4.74 Å². The van der Waals surface area contributed by atoms with E-state index in [-0.39, 0.29) is 0 Å². The zero-order valence-electron chi connectivity index (χ0n) is 9.15. The molecule has 0 unspecified atom stereocenters. The van der Waals surface area contributed by atoms with Crippen LogP contribution in [0.1, 0.15) is 32.3 Å². The van der Waals surface area contributed by atoms with Crippen LogP contribution in [0.5, 0.6) is 5.75 Å². The minimum atomic E-state index is -0.576. The Morgan fingerprint density at radius 3 is 2.60 bits per heavy atom. The summed E-state index contributed by atoms with van der Waals surface area (Å²) >= 11 is 0. The predicted molar refractivity (Wildman–Crippen MR) is 56.1 cm³/mol. The van der Waals surface area contributed by atoms with E-state index < -0.39 is 11.6 Å². The molecule has 84 valence electrons. The molecule has 0 amide bonds. The van der Waals surface area contributed by atoms with Gasteiger partial charge in [0.15, 0.2) is 0 Å². The third-order valence-electron chi connectivity index (χ3n) is 1.95. The molecule has 1 nitrogen and oxygen atoms in total. The molecule has 0 spiro atoms. The summed E-state index contributed by atoms with van der Waals surface area (Å²) in [5.41, 5.74) is 0.502. The lowest BCUT2D eigenvalue weighted by atomic mass is 10.1. The summed E-state index contributed by atoms with van der Waals surface area (Å²) in [6, 6.07) is 2.13. The first-order chi connectivity index (χ1) is 7.19. The summed E-state index contributed by atoms with van der Waals surface area (Å²) in [5, 5.41) is 0. The molecule has 0 saturated carbocycles. The van der Waals surface area contributed by atoms with E-state index in [1.807, 2.05) is 0 Å². The fraction of sp³-hybridized carbons (Fsp3) is 0.500. The van der Waals surface area contributed by atoms with Crippen molar-refractivity contribution in [1.82, 2.24) is 0 Å². The molecule has 0 aliphatic carbocycles.